The Labute approximate surface area is 415 Å². The first-order valence-corrected chi connectivity index (χ1v) is 21.8. The second-order valence-electron chi connectivity index (χ2n) is 14.4. The summed E-state index contributed by atoms with van der Waals surface area (Å²) < 4.78 is 2.52. The molecule has 9 aromatic rings. The van der Waals surface area contributed by atoms with Crippen LogP contribution in [0.2, 0.25) is 0 Å². The van der Waals surface area contributed by atoms with E-state index in [4.69, 9.17) is 15.2 Å². The Balaban J connectivity index is 0.000000218. The number of fused-ring (bicyclic) bond motifs is 2. The van der Waals surface area contributed by atoms with Crippen molar-refractivity contribution in [2.24, 2.45) is 0 Å². The van der Waals surface area contributed by atoms with E-state index in [0.717, 1.165) is 22.5 Å². The number of allylic oxidation sites excluding steroid dienone is 4. The average Bonchev–Trinajstić information content (AvgIpc) is 3.84. The molecule has 9 rings (SSSR count). The van der Waals surface area contributed by atoms with E-state index >= 15 is 0 Å². The molecule has 6 nitrogen and oxygen atoms in total. The number of hydrogen-bond donors (Lipinski definition) is 2. The second-order valence-corrected chi connectivity index (χ2v) is 16.5. The molecule has 0 atom stereocenters. The maximum Gasteiger partial charge on any atom is 0.155 e. The van der Waals surface area contributed by atoms with Crippen LogP contribution in [0, 0.1) is 19.1 Å². The fourth-order valence-electron chi connectivity index (χ4n) is 6.64. The number of hydrogen-bond acceptors (Lipinski definition) is 8. The molecule has 0 bridgehead atoms. The molecular formula is C55H46Ir2N2O4S2-2. The molecule has 0 saturated heterocycles. The van der Waals surface area contributed by atoms with Gasteiger partial charge >= 0.3 is 0 Å². The molecule has 0 aliphatic heterocycles. The average molecular weight is 1250 g/mol. The Hall–Kier alpha value is -5.96. The molecule has 0 aliphatic carbocycles. The van der Waals surface area contributed by atoms with E-state index < -0.39 is 0 Å². The Kier molecular flexibility index (Phi) is 20.3. The van der Waals surface area contributed by atoms with Crippen molar-refractivity contribution < 1.29 is 60.0 Å². The van der Waals surface area contributed by atoms with Crippen LogP contribution in [-0.2, 0) is 49.8 Å². The van der Waals surface area contributed by atoms with Crippen molar-refractivity contribution in [1.82, 2.24) is 9.97 Å². The fourth-order valence-corrected chi connectivity index (χ4v) is 9.10. The minimum absolute atomic E-state index is 0. The van der Waals surface area contributed by atoms with Gasteiger partial charge in [0.05, 0.1) is 11.5 Å². The number of aliphatic hydroxyl groups excluding tert-OH is 2. The summed E-state index contributed by atoms with van der Waals surface area (Å²) in [5.74, 6) is -0.125. The number of carbonyl (C=O) groups is 2. The summed E-state index contributed by atoms with van der Waals surface area (Å²) in [5, 5.41) is 19.2. The number of benzene rings is 5. The third-order valence-electron chi connectivity index (χ3n) is 9.33. The molecule has 332 valence electrons. The molecule has 0 aliphatic rings. The van der Waals surface area contributed by atoms with Crippen molar-refractivity contribution in [3.8, 4) is 54.5 Å². The zero-order chi connectivity index (χ0) is 44.7. The van der Waals surface area contributed by atoms with Crippen LogP contribution in [0.3, 0.4) is 0 Å². The summed E-state index contributed by atoms with van der Waals surface area (Å²) in [6, 6.07) is 58.6. The summed E-state index contributed by atoms with van der Waals surface area (Å²) >= 11 is 3.66. The van der Waals surface area contributed by atoms with Gasteiger partial charge in [-0.2, -0.15) is 0 Å². The number of aryl methyl sites for hydroxylation is 1. The van der Waals surface area contributed by atoms with E-state index in [-0.39, 0.29) is 63.3 Å². The molecule has 0 amide bonds. The van der Waals surface area contributed by atoms with Gasteiger partial charge in [-0.15, -0.1) is 94.5 Å². The van der Waals surface area contributed by atoms with Crippen LogP contribution >= 0.6 is 22.7 Å². The number of pyridine rings is 2. The minimum atomic E-state index is -0.125. The molecule has 2 radical (unpaired) electrons. The maximum absolute atomic E-state index is 10.0. The SMILES string of the molecule is CC(=O)C=C(C)O.CC(=O)C=C(C)O.Cc1c(-c2ccccc2)sc2cc(-c3[c-]cccc3)ncc12.[Ir].[Ir].[c-]1ccccc1-c1cc2sc(-c3ccccc3)c(-c3ccccc3)c2cn1. The first-order valence-electron chi connectivity index (χ1n) is 20.2. The third kappa shape index (κ3) is 14.5. The van der Waals surface area contributed by atoms with E-state index in [1.165, 1.54) is 97.6 Å². The van der Waals surface area contributed by atoms with Crippen molar-refractivity contribution in [2.45, 2.75) is 34.6 Å². The topological polar surface area (TPSA) is 100 Å². The van der Waals surface area contributed by atoms with E-state index in [0.29, 0.717) is 0 Å². The van der Waals surface area contributed by atoms with E-state index in [1.807, 2.05) is 77.5 Å². The maximum atomic E-state index is 10.0. The van der Waals surface area contributed by atoms with Crippen LogP contribution in [0.25, 0.3) is 74.7 Å². The van der Waals surface area contributed by atoms with E-state index in [1.54, 1.807) is 0 Å². The Morgan fingerprint density at radius 1 is 0.523 bits per heavy atom. The fraction of sp³-hybridized carbons (Fsp3) is 0.0909. The summed E-state index contributed by atoms with van der Waals surface area (Å²) in [6.07, 6.45) is 6.33. The zero-order valence-electron chi connectivity index (χ0n) is 36.3. The summed E-state index contributed by atoms with van der Waals surface area (Å²) in [6.45, 7) is 7.87. The Bertz CT molecular complexity index is 2950. The van der Waals surface area contributed by atoms with Crippen molar-refractivity contribution >= 4 is 54.4 Å². The molecule has 5 aromatic carbocycles. The minimum Gasteiger partial charge on any atom is -0.512 e. The van der Waals surface area contributed by atoms with Crippen molar-refractivity contribution in [3.63, 3.8) is 0 Å². The predicted molar refractivity (Wildman–Crippen MR) is 263 cm³/mol. The summed E-state index contributed by atoms with van der Waals surface area (Å²) in [4.78, 5) is 32.0. The van der Waals surface area contributed by atoms with E-state index in [2.05, 4.69) is 133 Å². The second kappa shape index (κ2) is 25.5. The molecule has 4 aromatic heterocycles. The third-order valence-corrected chi connectivity index (χ3v) is 11.8. The van der Waals surface area contributed by atoms with Gasteiger partial charge < -0.3 is 20.2 Å². The van der Waals surface area contributed by atoms with Crippen molar-refractivity contribution in [1.29, 1.82) is 0 Å². The first kappa shape index (κ1) is 51.7. The first-order chi connectivity index (χ1) is 30.5. The zero-order valence-corrected chi connectivity index (χ0v) is 42.8. The van der Waals surface area contributed by atoms with Gasteiger partial charge in [0.25, 0.3) is 0 Å². The van der Waals surface area contributed by atoms with Gasteiger partial charge in [-0.3, -0.25) is 9.59 Å². The summed E-state index contributed by atoms with van der Waals surface area (Å²) in [7, 11) is 0. The number of aliphatic hydroxyl groups is 2. The van der Waals surface area contributed by atoms with Crippen LogP contribution in [-0.4, -0.2) is 31.7 Å². The Morgan fingerprint density at radius 2 is 0.908 bits per heavy atom. The summed E-state index contributed by atoms with van der Waals surface area (Å²) in [5.41, 5.74) is 10.3. The number of nitrogens with zero attached hydrogens (tertiary/aromatic N) is 2. The van der Waals surface area contributed by atoms with Gasteiger partial charge in [0, 0.05) is 100 Å². The van der Waals surface area contributed by atoms with Crippen LogP contribution in [0.4, 0.5) is 0 Å². The van der Waals surface area contributed by atoms with Gasteiger partial charge in [0.2, 0.25) is 0 Å². The molecule has 0 unspecified atom stereocenters. The standard InChI is InChI=1S/C25H16NS.C20H14NS.2C5H8O2.2Ir/c1-4-10-18(11-5-1)22-16-23-21(17-26-22)24(19-12-6-2-7-13-19)25(27-23)20-14-8-3-9-15-20;1-14-17-13-21-18(15-8-4-2-5-9-15)12-19(17)22-20(14)16-10-6-3-7-11-16;2*1-4(6)3-5(2)7;;/h1-10,12-17H;2-8,10-13H,1H3;2*3,6H,1-2H3;;/q2*-1;;;;. The van der Waals surface area contributed by atoms with Gasteiger partial charge in [-0.1, -0.05) is 103 Å². The smallest absolute Gasteiger partial charge is 0.155 e. The molecule has 0 saturated carbocycles. The van der Waals surface area contributed by atoms with Crippen molar-refractivity contribution in [3.05, 3.63) is 205 Å². The predicted octanol–water partition coefficient (Wildman–Crippen LogP) is 14.9. The quantitative estimate of drug-likeness (QED) is 0.0937. The molecule has 0 spiro atoms. The van der Waals surface area contributed by atoms with Crippen LogP contribution in [0.5, 0.6) is 0 Å². The molecular weight excluding hydrogens is 1200 g/mol. The van der Waals surface area contributed by atoms with Gasteiger partial charge in [0.15, 0.2) is 11.6 Å². The van der Waals surface area contributed by atoms with Crippen molar-refractivity contribution in [2.75, 3.05) is 0 Å². The molecule has 0 fully saturated rings. The number of carbonyl (C=O) groups excluding carboxylic acids is 2. The van der Waals surface area contributed by atoms with Gasteiger partial charge in [-0.05, 0) is 68.3 Å². The van der Waals surface area contributed by atoms with Crippen LogP contribution in [0.1, 0.15) is 33.3 Å². The van der Waals surface area contributed by atoms with Gasteiger partial charge in [-0.25, -0.2) is 0 Å². The molecule has 65 heavy (non-hydrogen) atoms. The van der Waals surface area contributed by atoms with Crippen LogP contribution < -0.4 is 0 Å². The number of rotatable bonds is 7. The number of aromatic nitrogens is 2. The number of ketones is 2. The van der Waals surface area contributed by atoms with E-state index in [9.17, 15) is 9.59 Å². The molecule has 4 heterocycles. The monoisotopic (exact) mass is 1250 g/mol. The molecule has 10 heteroatoms. The Morgan fingerprint density at radius 3 is 1.31 bits per heavy atom. The van der Waals surface area contributed by atoms with Gasteiger partial charge in [0.1, 0.15) is 0 Å². The van der Waals surface area contributed by atoms with Crippen LogP contribution in [0.15, 0.2) is 188 Å². The largest absolute Gasteiger partial charge is 0.512 e. The normalized spacial score (nSPS) is 10.7. The number of thiophene rings is 2. The molecule has 2 N–H and O–H groups in total.